The van der Waals surface area contributed by atoms with Gasteiger partial charge in [0.2, 0.25) is 0 Å². The van der Waals surface area contributed by atoms with Gasteiger partial charge in [-0.2, -0.15) is 5.10 Å². The maximum Gasteiger partial charge on any atom is 0.182 e. The van der Waals surface area contributed by atoms with Crippen LogP contribution in [-0.4, -0.2) is 62.8 Å². The number of aromatic amines is 1. The van der Waals surface area contributed by atoms with Gasteiger partial charge >= 0.3 is 0 Å². The lowest BCUT2D eigenvalue weighted by molar-refractivity contribution is -0.423. The average Bonchev–Trinajstić information content (AvgIpc) is 3.32. The molecule has 1 atom stereocenters. The fourth-order valence-electron chi connectivity index (χ4n) is 3.86. The second kappa shape index (κ2) is 6.49. The van der Waals surface area contributed by atoms with E-state index in [4.69, 9.17) is 0 Å². The number of nitrogens with zero attached hydrogens (tertiary/aromatic N) is 5. The molecule has 1 fully saturated rings. The van der Waals surface area contributed by atoms with Crippen LogP contribution >= 0.6 is 0 Å². The highest BCUT2D eigenvalue weighted by molar-refractivity contribution is 6.11. The van der Waals surface area contributed by atoms with Crippen LogP contribution in [0, 0.1) is 11.7 Å². The summed E-state index contributed by atoms with van der Waals surface area (Å²) in [6, 6.07) is 5.20. The zero-order chi connectivity index (χ0) is 19.3. The number of anilines is 1. The number of aromatic nitrogens is 4. The maximum absolute atomic E-state index is 14.5. The number of allylic oxidation sites excluding steroid dienone is 1. The van der Waals surface area contributed by atoms with Gasteiger partial charge in [-0.05, 0) is 12.5 Å². The Bertz CT molecular complexity index is 1130. The van der Waals surface area contributed by atoms with Crippen LogP contribution in [0.3, 0.4) is 0 Å². The monoisotopic (exact) mass is 379 g/mol. The Morgan fingerprint density at radius 2 is 2.18 bits per heavy atom. The van der Waals surface area contributed by atoms with Crippen molar-refractivity contribution in [1.29, 1.82) is 0 Å². The highest BCUT2D eigenvalue weighted by Gasteiger charge is 2.24. The zero-order valence-electron chi connectivity index (χ0n) is 15.4. The molecule has 1 aromatic carbocycles. The van der Waals surface area contributed by atoms with Crippen LogP contribution in [0.1, 0.15) is 12.0 Å². The second-order valence-electron chi connectivity index (χ2n) is 7.37. The summed E-state index contributed by atoms with van der Waals surface area (Å²) in [4.78, 5) is 10.9. The summed E-state index contributed by atoms with van der Waals surface area (Å²) in [5.74, 6) is 0.810. The maximum atomic E-state index is 14.5. The van der Waals surface area contributed by atoms with Gasteiger partial charge in [0, 0.05) is 48.7 Å². The van der Waals surface area contributed by atoms with Gasteiger partial charge in [0.25, 0.3) is 0 Å². The normalized spacial score (nSPS) is 19.0. The molecule has 1 unspecified atom stereocenters. The van der Waals surface area contributed by atoms with Gasteiger partial charge < -0.3 is 10.0 Å². The molecule has 3 aromatic rings. The van der Waals surface area contributed by atoms with Crippen molar-refractivity contribution >= 4 is 28.5 Å². The number of aliphatic hydroxyl groups excluding tert-OH is 1. The van der Waals surface area contributed by atoms with Gasteiger partial charge in [0.1, 0.15) is 36.3 Å². The number of hydrogen-bond donors (Lipinski definition) is 2. The second-order valence-corrected chi connectivity index (χ2v) is 7.37. The fourth-order valence-corrected chi connectivity index (χ4v) is 3.86. The van der Waals surface area contributed by atoms with Crippen molar-refractivity contribution in [3.05, 3.63) is 42.1 Å². The molecule has 2 N–H and O–H groups in total. The SMILES string of the molecule is C[N+]1=CC(c2cc3c(-c4cc(N5CCC(CO)C5)ncn4)n[nH]c3cc2F)=C1. The molecule has 8 heteroatoms. The smallest absolute Gasteiger partial charge is 0.182 e. The highest BCUT2D eigenvalue weighted by atomic mass is 19.1. The predicted molar refractivity (Wildman–Crippen MR) is 105 cm³/mol. The van der Waals surface area contributed by atoms with Crippen molar-refractivity contribution in [1.82, 2.24) is 20.2 Å². The topological polar surface area (TPSA) is 80.9 Å². The number of fused-ring (bicyclic) bond motifs is 1. The summed E-state index contributed by atoms with van der Waals surface area (Å²) in [6.45, 7) is 1.83. The highest BCUT2D eigenvalue weighted by Crippen LogP contribution is 2.32. The van der Waals surface area contributed by atoms with E-state index in [1.54, 1.807) is 0 Å². The van der Waals surface area contributed by atoms with Crippen LogP contribution in [0.5, 0.6) is 0 Å². The molecule has 0 aliphatic carbocycles. The number of nitrogens with one attached hydrogen (secondary N) is 1. The Labute approximate surface area is 160 Å². The number of aliphatic hydroxyl groups is 1. The molecule has 2 aromatic heterocycles. The minimum absolute atomic E-state index is 0.189. The number of hydrogen-bond acceptors (Lipinski definition) is 5. The van der Waals surface area contributed by atoms with Gasteiger partial charge in [0.15, 0.2) is 12.4 Å². The first-order chi connectivity index (χ1) is 13.6. The minimum atomic E-state index is -0.284. The lowest BCUT2D eigenvalue weighted by atomic mass is 10.0. The van der Waals surface area contributed by atoms with Crippen LogP contribution in [0.15, 0.2) is 30.7 Å². The summed E-state index contributed by atoms with van der Waals surface area (Å²) >= 11 is 0. The number of halogens is 1. The molecule has 1 saturated heterocycles. The summed E-state index contributed by atoms with van der Waals surface area (Å²) in [7, 11) is 1.91. The predicted octanol–water partition coefficient (Wildman–Crippen LogP) is 2.05. The molecular weight excluding hydrogens is 359 g/mol. The molecular formula is C20H20FN6O+. The summed E-state index contributed by atoms with van der Waals surface area (Å²) in [6.07, 6.45) is 6.25. The summed E-state index contributed by atoms with van der Waals surface area (Å²) < 4.78 is 16.4. The number of H-pyrrole nitrogens is 1. The molecule has 5 rings (SSSR count). The third-order valence-electron chi connectivity index (χ3n) is 5.41. The van der Waals surface area contributed by atoms with E-state index in [9.17, 15) is 9.50 Å². The van der Waals surface area contributed by atoms with Crippen LogP contribution < -0.4 is 4.90 Å². The van der Waals surface area contributed by atoms with Crippen molar-refractivity contribution in [3.8, 4) is 11.4 Å². The van der Waals surface area contributed by atoms with Crippen LogP contribution in [-0.2, 0) is 0 Å². The van der Waals surface area contributed by atoms with Gasteiger partial charge in [-0.3, -0.25) is 5.10 Å². The van der Waals surface area contributed by atoms with Crippen molar-refractivity contribution in [2.24, 2.45) is 5.92 Å². The van der Waals surface area contributed by atoms with E-state index in [1.165, 1.54) is 12.4 Å². The van der Waals surface area contributed by atoms with E-state index in [0.29, 0.717) is 22.5 Å². The third-order valence-corrected chi connectivity index (χ3v) is 5.41. The number of benzene rings is 1. The van der Waals surface area contributed by atoms with E-state index < -0.39 is 0 Å². The Kier molecular flexibility index (Phi) is 3.94. The molecule has 2 aliphatic heterocycles. The summed E-state index contributed by atoms with van der Waals surface area (Å²) in [5, 5.41) is 17.5. The van der Waals surface area contributed by atoms with Crippen LogP contribution in [0.4, 0.5) is 10.2 Å². The Morgan fingerprint density at radius 1 is 1.32 bits per heavy atom. The van der Waals surface area contributed by atoms with E-state index in [1.807, 2.05) is 36.2 Å². The molecule has 0 amide bonds. The Balaban J connectivity index is 1.54. The zero-order valence-corrected chi connectivity index (χ0v) is 15.4. The van der Waals surface area contributed by atoms with Gasteiger partial charge in [-0.15, -0.1) is 0 Å². The standard InChI is InChI=1S/C20H20FN6O/c1-26-8-13(9-26)14-4-15-17(5-16(14)21)24-25-20(15)18-6-19(23-11-22-18)27-3-2-12(7-27)10-28/h4-6,8-9,11-12,28H,2-3,7,10H2,1H3,(H,24,25)/q+1. The third kappa shape index (κ3) is 2.77. The lowest BCUT2D eigenvalue weighted by Gasteiger charge is -2.17. The number of rotatable bonds is 4. The quantitative estimate of drug-likeness (QED) is 0.678. The molecule has 0 saturated carbocycles. The molecule has 4 heterocycles. The van der Waals surface area contributed by atoms with Gasteiger partial charge in [-0.1, -0.05) is 0 Å². The molecule has 0 spiro atoms. The fraction of sp³-hybridized carbons (Fsp3) is 0.300. The van der Waals surface area contributed by atoms with E-state index in [0.717, 1.165) is 36.3 Å². The largest absolute Gasteiger partial charge is 0.396 e. The Morgan fingerprint density at radius 3 is 2.93 bits per heavy atom. The van der Waals surface area contributed by atoms with Crippen LogP contribution in [0.2, 0.25) is 0 Å². The van der Waals surface area contributed by atoms with Gasteiger partial charge in [-0.25, -0.2) is 18.9 Å². The van der Waals surface area contributed by atoms with Gasteiger partial charge in [0.05, 0.1) is 11.2 Å². The van der Waals surface area contributed by atoms with Crippen molar-refractivity contribution in [2.75, 3.05) is 31.6 Å². The van der Waals surface area contributed by atoms with Crippen LogP contribution in [0.25, 0.3) is 27.9 Å². The minimum Gasteiger partial charge on any atom is -0.396 e. The van der Waals surface area contributed by atoms with E-state index in [-0.39, 0.29) is 18.3 Å². The molecule has 28 heavy (non-hydrogen) atoms. The molecule has 0 bridgehead atoms. The summed E-state index contributed by atoms with van der Waals surface area (Å²) in [5.41, 5.74) is 3.39. The average molecular weight is 379 g/mol. The van der Waals surface area contributed by atoms with E-state index >= 15 is 0 Å². The van der Waals surface area contributed by atoms with Crippen molar-refractivity contribution < 1.29 is 14.1 Å². The molecule has 2 aliphatic rings. The van der Waals surface area contributed by atoms with E-state index in [2.05, 4.69) is 25.1 Å². The molecule has 142 valence electrons. The first kappa shape index (κ1) is 17.0. The lowest BCUT2D eigenvalue weighted by Crippen LogP contribution is -2.21. The first-order valence-electron chi connectivity index (χ1n) is 9.27. The van der Waals surface area contributed by atoms with Crippen molar-refractivity contribution in [3.63, 3.8) is 0 Å². The molecule has 0 radical (unpaired) electrons. The Hall–Kier alpha value is -3.13. The van der Waals surface area contributed by atoms with Crippen molar-refractivity contribution in [2.45, 2.75) is 6.42 Å². The molecule has 7 nitrogen and oxygen atoms in total. The first-order valence-corrected chi connectivity index (χ1v) is 9.27.